The lowest BCUT2D eigenvalue weighted by Gasteiger charge is -2.29. The van der Waals surface area contributed by atoms with Crippen LogP contribution in [0.1, 0.15) is 44.2 Å². The van der Waals surface area contributed by atoms with Gasteiger partial charge in [-0.25, -0.2) is 26.7 Å². The lowest BCUT2D eigenvalue weighted by Crippen LogP contribution is -2.28. The van der Waals surface area contributed by atoms with Crippen molar-refractivity contribution in [3.8, 4) is 11.3 Å². The molecule has 0 aliphatic carbocycles. The average molecular weight is 477 g/mol. The topological polar surface area (TPSA) is 67.0 Å². The molecule has 4 rings (SSSR count). The Morgan fingerprint density at radius 2 is 1.59 bits per heavy atom. The zero-order valence-electron chi connectivity index (χ0n) is 18.4. The summed E-state index contributed by atoms with van der Waals surface area (Å²) >= 11 is 0. The number of carbonyl (C=O) groups is 1. The third kappa shape index (κ3) is 3.72. The summed E-state index contributed by atoms with van der Waals surface area (Å²) in [6.45, 7) is 4.82. The molecule has 2 N–H and O–H groups in total. The number of hydrogen-bond acceptors (Lipinski definition) is 4. The lowest BCUT2D eigenvalue weighted by atomic mass is 9.79. The normalized spacial score (nSPS) is 16.2. The van der Waals surface area contributed by atoms with Crippen LogP contribution in [-0.4, -0.2) is 22.3 Å². The minimum Gasteiger partial charge on any atom is -0.459 e. The fraction of sp³-hybridized carbons (Fsp3) is 0.250. The molecule has 10 heteroatoms. The Hall–Kier alpha value is -3.69. The minimum absolute atomic E-state index is 0.0520. The molecule has 2 heterocycles. The number of esters is 1. The summed E-state index contributed by atoms with van der Waals surface area (Å²) in [6.07, 6.45) is -0.102. The summed E-state index contributed by atoms with van der Waals surface area (Å²) in [5.74, 6) is -13.1. The van der Waals surface area contributed by atoms with Gasteiger partial charge in [0, 0.05) is 16.8 Å². The van der Waals surface area contributed by atoms with Crippen LogP contribution in [0.15, 0.2) is 41.6 Å². The van der Waals surface area contributed by atoms with Crippen LogP contribution in [0.5, 0.6) is 0 Å². The first-order valence-electron chi connectivity index (χ1n) is 10.5. The lowest BCUT2D eigenvalue weighted by molar-refractivity contribution is -0.143. The van der Waals surface area contributed by atoms with Crippen molar-refractivity contribution in [1.82, 2.24) is 10.2 Å². The number of benzene rings is 2. The first-order valence-corrected chi connectivity index (χ1v) is 10.5. The number of hydrogen-bond donors (Lipinski definition) is 2. The predicted octanol–water partition coefficient (Wildman–Crippen LogP) is 5.95. The van der Waals surface area contributed by atoms with E-state index >= 15 is 8.78 Å². The number of allylic oxidation sites excluding steroid dienone is 1. The number of H-pyrrole nitrogens is 1. The number of carbonyl (C=O) groups excluding carboxylic acids is 1. The van der Waals surface area contributed by atoms with Gasteiger partial charge in [-0.05, 0) is 25.8 Å². The van der Waals surface area contributed by atoms with E-state index in [4.69, 9.17) is 4.74 Å². The van der Waals surface area contributed by atoms with E-state index in [-0.39, 0.29) is 28.3 Å². The number of aromatic amines is 1. The number of halogens is 5. The minimum atomic E-state index is -2.28. The van der Waals surface area contributed by atoms with Crippen molar-refractivity contribution < 1.29 is 31.5 Å². The molecule has 0 radical (unpaired) electrons. The Labute approximate surface area is 191 Å². The van der Waals surface area contributed by atoms with Crippen molar-refractivity contribution in [2.75, 3.05) is 5.32 Å². The SMILES string of the molecule is CCC(C)OC(=O)C1=C(C)Nc2n[nH]c(-c3ccccc3)c2C1c1c(F)c(F)c(F)c(F)c1F. The van der Waals surface area contributed by atoms with Gasteiger partial charge in [-0.2, -0.15) is 5.10 Å². The van der Waals surface area contributed by atoms with Crippen molar-refractivity contribution in [3.05, 3.63) is 81.8 Å². The second-order valence-electron chi connectivity index (χ2n) is 7.93. The van der Waals surface area contributed by atoms with Crippen LogP contribution < -0.4 is 5.32 Å². The van der Waals surface area contributed by atoms with E-state index < -0.39 is 52.6 Å². The maximum Gasteiger partial charge on any atom is 0.337 e. The molecule has 0 spiro atoms. The van der Waals surface area contributed by atoms with Gasteiger partial charge in [-0.3, -0.25) is 5.10 Å². The van der Waals surface area contributed by atoms with Gasteiger partial charge in [0.05, 0.1) is 23.3 Å². The van der Waals surface area contributed by atoms with E-state index in [1.54, 1.807) is 44.2 Å². The number of anilines is 1. The summed E-state index contributed by atoms with van der Waals surface area (Å²) in [7, 11) is 0. The van der Waals surface area contributed by atoms with Crippen LogP contribution in [0, 0.1) is 29.1 Å². The van der Waals surface area contributed by atoms with Crippen molar-refractivity contribution in [1.29, 1.82) is 0 Å². The summed E-state index contributed by atoms with van der Waals surface area (Å²) in [6, 6.07) is 8.49. The van der Waals surface area contributed by atoms with E-state index in [2.05, 4.69) is 15.5 Å². The Balaban J connectivity index is 2.04. The molecule has 0 amide bonds. The fourth-order valence-electron chi connectivity index (χ4n) is 3.92. The molecule has 2 aromatic carbocycles. The van der Waals surface area contributed by atoms with Gasteiger partial charge < -0.3 is 10.1 Å². The smallest absolute Gasteiger partial charge is 0.337 e. The molecule has 1 aliphatic rings. The zero-order chi connectivity index (χ0) is 24.7. The highest BCUT2D eigenvalue weighted by molar-refractivity contribution is 5.95. The molecule has 1 aliphatic heterocycles. The number of nitrogens with zero attached hydrogens (tertiary/aromatic N) is 1. The molecular weight excluding hydrogens is 457 g/mol. The zero-order valence-corrected chi connectivity index (χ0v) is 18.4. The largest absolute Gasteiger partial charge is 0.459 e. The van der Waals surface area contributed by atoms with Crippen LogP contribution in [0.25, 0.3) is 11.3 Å². The Bertz CT molecular complexity index is 1270. The Morgan fingerprint density at radius 3 is 2.18 bits per heavy atom. The third-order valence-corrected chi connectivity index (χ3v) is 5.79. The van der Waals surface area contributed by atoms with Gasteiger partial charge in [0.1, 0.15) is 0 Å². The molecular formula is C24H20F5N3O2. The summed E-state index contributed by atoms with van der Waals surface area (Å²) in [5.41, 5.74) is -0.501. The standard InChI is InChI=1S/C24H20F5N3O2/c1-4-10(2)34-24(33)13-11(3)30-23-16(22(31-32-23)12-8-6-5-7-9-12)14(13)15-17(25)19(27)21(29)20(28)18(15)26/h5-10,14H,4H2,1-3H3,(H2,30,31,32). The Kier molecular flexibility index (Phi) is 6.16. The van der Waals surface area contributed by atoms with Gasteiger partial charge >= 0.3 is 5.97 Å². The average Bonchev–Trinajstić information content (AvgIpc) is 3.25. The second-order valence-corrected chi connectivity index (χ2v) is 7.93. The Morgan fingerprint density at radius 1 is 1.00 bits per heavy atom. The first-order chi connectivity index (χ1) is 16.2. The van der Waals surface area contributed by atoms with E-state index in [9.17, 15) is 18.0 Å². The number of nitrogens with one attached hydrogen (secondary N) is 2. The van der Waals surface area contributed by atoms with Crippen LogP contribution >= 0.6 is 0 Å². The maximum atomic E-state index is 15.1. The van der Waals surface area contributed by atoms with Crippen molar-refractivity contribution in [2.45, 2.75) is 39.2 Å². The van der Waals surface area contributed by atoms with Crippen molar-refractivity contribution in [3.63, 3.8) is 0 Å². The highest BCUT2D eigenvalue weighted by Gasteiger charge is 2.42. The molecule has 5 nitrogen and oxygen atoms in total. The molecule has 1 aromatic heterocycles. The summed E-state index contributed by atoms with van der Waals surface area (Å²) < 4.78 is 77.8. The molecule has 34 heavy (non-hydrogen) atoms. The molecule has 2 unspecified atom stereocenters. The van der Waals surface area contributed by atoms with Crippen LogP contribution in [0.2, 0.25) is 0 Å². The fourth-order valence-corrected chi connectivity index (χ4v) is 3.92. The molecule has 0 saturated heterocycles. The molecule has 178 valence electrons. The van der Waals surface area contributed by atoms with E-state index in [1.807, 2.05) is 0 Å². The van der Waals surface area contributed by atoms with E-state index in [0.717, 1.165) is 0 Å². The molecule has 0 saturated carbocycles. The van der Waals surface area contributed by atoms with Crippen LogP contribution in [0.3, 0.4) is 0 Å². The van der Waals surface area contributed by atoms with Crippen LogP contribution in [-0.2, 0) is 9.53 Å². The molecule has 2 atom stereocenters. The maximum absolute atomic E-state index is 15.1. The van der Waals surface area contributed by atoms with Crippen molar-refractivity contribution >= 4 is 11.8 Å². The number of aromatic nitrogens is 2. The third-order valence-electron chi connectivity index (χ3n) is 5.79. The predicted molar refractivity (Wildman–Crippen MR) is 114 cm³/mol. The van der Waals surface area contributed by atoms with Gasteiger partial charge in [0.25, 0.3) is 0 Å². The molecule has 0 bridgehead atoms. The highest BCUT2D eigenvalue weighted by Crippen LogP contribution is 2.47. The molecule has 0 fully saturated rings. The van der Waals surface area contributed by atoms with Gasteiger partial charge in [0.2, 0.25) is 5.82 Å². The first kappa shape index (κ1) is 23.5. The number of ether oxygens (including phenoxy) is 1. The van der Waals surface area contributed by atoms with E-state index in [0.29, 0.717) is 12.0 Å². The van der Waals surface area contributed by atoms with Gasteiger partial charge in [-0.15, -0.1) is 0 Å². The van der Waals surface area contributed by atoms with E-state index in [1.165, 1.54) is 6.92 Å². The second kappa shape index (κ2) is 8.92. The summed E-state index contributed by atoms with van der Waals surface area (Å²) in [5, 5.41) is 9.75. The monoisotopic (exact) mass is 477 g/mol. The highest BCUT2D eigenvalue weighted by atomic mass is 19.2. The van der Waals surface area contributed by atoms with Crippen LogP contribution in [0.4, 0.5) is 27.8 Å². The number of fused-ring (bicyclic) bond motifs is 1. The van der Waals surface area contributed by atoms with Gasteiger partial charge in [-0.1, -0.05) is 37.3 Å². The quantitative estimate of drug-likeness (QED) is 0.206. The number of rotatable bonds is 5. The van der Waals surface area contributed by atoms with Crippen molar-refractivity contribution in [2.24, 2.45) is 0 Å². The van der Waals surface area contributed by atoms with Gasteiger partial charge in [0.15, 0.2) is 29.1 Å². The summed E-state index contributed by atoms with van der Waals surface area (Å²) in [4.78, 5) is 13.1. The molecule has 3 aromatic rings.